The molecule has 1 aliphatic heterocycles. The van der Waals surface area contributed by atoms with Crippen molar-refractivity contribution in [2.45, 2.75) is 25.9 Å². The van der Waals surface area contributed by atoms with Gasteiger partial charge in [0.25, 0.3) is 5.91 Å². The molecule has 1 amide bonds. The number of hydrogen-bond donors (Lipinski definition) is 1. The third-order valence-corrected chi connectivity index (χ3v) is 6.40. The normalized spacial score (nSPS) is 13.7. The van der Waals surface area contributed by atoms with Crippen molar-refractivity contribution in [3.8, 4) is 5.75 Å². The van der Waals surface area contributed by atoms with E-state index >= 15 is 0 Å². The summed E-state index contributed by atoms with van der Waals surface area (Å²) in [5.74, 6) is 0.774. The number of nitrogens with zero attached hydrogens (tertiary/aromatic N) is 2. The Kier molecular flexibility index (Phi) is 6.84. The highest BCUT2D eigenvalue weighted by atomic mass is 32.1. The van der Waals surface area contributed by atoms with Gasteiger partial charge in [-0.15, -0.1) is 11.3 Å². The quantitative estimate of drug-likeness (QED) is 0.510. The molecule has 0 unspecified atom stereocenters. The van der Waals surface area contributed by atoms with Gasteiger partial charge in [0.05, 0.1) is 13.7 Å². The molecule has 3 heterocycles. The van der Waals surface area contributed by atoms with Crippen LogP contribution in [-0.4, -0.2) is 53.2 Å². The number of carbonyl (C=O) groups excluding carboxylic acids is 2. The average molecular weight is 438 g/mol. The maximum absolute atomic E-state index is 13.1. The number of ketones is 1. The van der Waals surface area contributed by atoms with Gasteiger partial charge in [-0.2, -0.15) is 0 Å². The second-order valence-electron chi connectivity index (χ2n) is 7.76. The van der Waals surface area contributed by atoms with Gasteiger partial charge in [0, 0.05) is 48.4 Å². The Bertz CT molecular complexity index is 1020. The summed E-state index contributed by atoms with van der Waals surface area (Å²) in [6, 6.07) is 13.7. The number of benzene rings is 1. The highest BCUT2D eigenvalue weighted by Gasteiger charge is 2.22. The molecule has 0 aliphatic carbocycles. The van der Waals surface area contributed by atoms with Crippen LogP contribution in [0.25, 0.3) is 0 Å². The Morgan fingerprint density at radius 2 is 1.94 bits per heavy atom. The molecule has 1 aromatic carbocycles. The number of amides is 1. The first kappa shape index (κ1) is 21.3. The third kappa shape index (κ3) is 5.24. The molecular weight excluding hydrogens is 410 g/mol. The fraction of sp³-hybridized carbons (Fsp3) is 0.333. The summed E-state index contributed by atoms with van der Waals surface area (Å²) in [6.07, 6.45) is 3.73. The highest BCUT2D eigenvalue weighted by Crippen LogP contribution is 2.22. The molecule has 0 radical (unpaired) electrons. The largest absolute Gasteiger partial charge is 0.496 e. The molecule has 4 rings (SSSR count). The SMILES string of the molecule is COc1ccccc1CN(CC(=O)c1c[nH]c(C(=O)N2CCCC2)c1)Cc1cccs1. The predicted molar refractivity (Wildman–Crippen MR) is 122 cm³/mol. The number of nitrogens with one attached hydrogen (secondary N) is 1. The van der Waals surface area contributed by atoms with Gasteiger partial charge in [-0.1, -0.05) is 24.3 Å². The zero-order valence-corrected chi connectivity index (χ0v) is 18.5. The first-order chi connectivity index (χ1) is 15.1. The number of H-pyrrole nitrogens is 1. The van der Waals surface area contributed by atoms with Gasteiger partial charge in [-0.05, 0) is 36.4 Å². The average Bonchev–Trinajstić information content (AvgIpc) is 3.56. The number of aromatic nitrogens is 1. The molecule has 31 heavy (non-hydrogen) atoms. The molecule has 6 nitrogen and oxygen atoms in total. The van der Waals surface area contributed by atoms with E-state index in [1.165, 1.54) is 4.88 Å². The van der Waals surface area contributed by atoms with E-state index in [1.807, 2.05) is 40.6 Å². The van der Waals surface area contributed by atoms with Crippen molar-refractivity contribution in [1.82, 2.24) is 14.8 Å². The predicted octanol–water partition coefficient (Wildman–Crippen LogP) is 4.21. The number of likely N-dealkylation sites (tertiary alicyclic amines) is 1. The number of rotatable bonds is 9. The zero-order valence-electron chi connectivity index (χ0n) is 17.7. The molecule has 2 aromatic heterocycles. The van der Waals surface area contributed by atoms with Gasteiger partial charge in [-0.3, -0.25) is 14.5 Å². The number of carbonyl (C=O) groups is 2. The molecule has 0 saturated carbocycles. The summed E-state index contributed by atoms with van der Waals surface area (Å²) in [5.41, 5.74) is 2.06. The smallest absolute Gasteiger partial charge is 0.270 e. The van der Waals surface area contributed by atoms with E-state index in [0.717, 1.165) is 37.2 Å². The summed E-state index contributed by atoms with van der Waals surface area (Å²) >= 11 is 1.68. The van der Waals surface area contributed by atoms with Crippen LogP contribution in [0.3, 0.4) is 0 Å². The van der Waals surface area contributed by atoms with Gasteiger partial charge in [0.1, 0.15) is 11.4 Å². The number of Topliss-reactive ketones (excluding diaryl/α,β-unsaturated/α-hetero) is 1. The van der Waals surface area contributed by atoms with Crippen molar-refractivity contribution in [3.63, 3.8) is 0 Å². The number of para-hydroxylation sites is 1. The van der Waals surface area contributed by atoms with Crippen LogP contribution in [0, 0.1) is 0 Å². The maximum Gasteiger partial charge on any atom is 0.270 e. The molecule has 1 aliphatic rings. The van der Waals surface area contributed by atoms with Crippen molar-refractivity contribution in [2.24, 2.45) is 0 Å². The van der Waals surface area contributed by atoms with E-state index in [9.17, 15) is 9.59 Å². The maximum atomic E-state index is 13.1. The second-order valence-corrected chi connectivity index (χ2v) is 8.79. The minimum Gasteiger partial charge on any atom is -0.496 e. The fourth-order valence-corrected chi connectivity index (χ4v) is 4.68. The zero-order chi connectivity index (χ0) is 21.6. The van der Waals surface area contributed by atoms with Gasteiger partial charge in [0.15, 0.2) is 5.78 Å². The van der Waals surface area contributed by atoms with Crippen molar-refractivity contribution in [3.05, 3.63) is 75.7 Å². The Labute approximate surface area is 186 Å². The van der Waals surface area contributed by atoms with Crippen molar-refractivity contribution >= 4 is 23.0 Å². The van der Waals surface area contributed by atoms with E-state index in [4.69, 9.17) is 4.74 Å². The van der Waals surface area contributed by atoms with Crippen LogP contribution in [0.4, 0.5) is 0 Å². The van der Waals surface area contributed by atoms with Crippen LogP contribution in [0.2, 0.25) is 0 Å². The van der Waals surface area contributed by atoms with Crippen LogP contribution in [0.1, 0.15) is 44.1 Å². The van der Waals surface area contributed by atoms with E-state index < -0.39 is 0 Å². The number of aromatic amines is 1. The van der Waals surface area contributed by atoms with Crippen molar-refractivity contribution in [1.29, 1.82) is 0 Å². The first-order valence-corrected chi connectivity index (χ1v) is 11.4. The molecule has 1 saturated heterocycles. The lowest BCUT2D eigenvalue weighted by Crippen LogP contribution is -2.29. The molecule has 1 fully saturated rings. The number of thiophene rings is 1. The Morgan fingerprint density at radius 1 is 1.13 bits per heavy atom. The molecular formula is C24H27N3O3S. The number of hydrogen-bond acceptors (Lipinski definition) is 5. The van der Waals surface area contributed by atoms with Crippen LogP contribution in [0.5, 0.6) is 5.75 Å². The number of ether oxygens (including phenoxy) is 1. The van der Waals surface area contributed by atoms with Gasteiger partial charge >= 0.3 is 0 Å². The summed E-state index contributed by atoms with van der Waals surface area (Å²) < 4.78 is 5.49. The molecule has 7 heteroatoms. The van der Waals surface area contributed by atoms with Crippen molar-refractivity contribution < 1.29 is 14.3 Å². The Hall–Kier alpha value is -2.90. The van der Waals surface area contributed by atoms with Crippen LogP contribution < -0.4 is 4.74 Å². The van der Waals surface area contributed by atoms with Gasteiger partial charge in [-0.25, -0.2) is 0 Å². The molecule has 0 spiro atoms. The molecule has 162 valence electrons. The van der Waals surface area contributed by atoms with E-state index in [1.54, 1.807) is 30.7 Å². The Morgan fingerprint density at radius 3 is 2.68 bits per heavy atom. The lowest BCUT2D eigenvalue weighted by atomic mass is 10.1. The number of methoxy groups -OCH3 is 1. The fourth-order valence-electron chi connectivity index (χ4n) is 3.93. The third-order valence-electron chi connectivity index (χ3n) is 5.54. The lowest BCUT2D eigenvalue weighted by Gasteiger charge is -2.22. The van der Waals surface area contributed by atoms with E-state index in [2.05, 4.69) is 16.0 Å². The van der Waals surface area contributed by atoms with E-state index in [-0.39, 0.29) is 18.2 Å². The van der Waals surface area contributed by atoms with Crippen LogP contribution in [-0.2, 0) is 13.1 Å². The minimum absolute atomic E-state index is 0.0109. The molecule has 3 aromatic rings. The van der Waals surface area contributed by atoms with Gasteiger partial charge < -0.3 is 14.6 Å². The summed E-state index contributed by atoms with van der Waals surface area (Å²) in [6.45, 7) is 3.09. The summed E-state index contributed by atoms with van der Waals surface area (Å²) in [4.78, 5) is 33.8. The summed E-state index contributed by atoms with van der Waals surface area (Å²) in [7, 11) is 1.66. The summed E-state index contributed by atoms with van der Waals surface area (Å²) in [5, 5.41) is 2.04. The lowest BCUT2D eigenvalue weighted by molar-refractivity contribution is 0.0787. The first-order valence-electron chi connectivity index (χ1n) is 10.5. The topological polar surface area (TPSA) is 65.6 Å². The van der Waals surface area contributed by atoms with E-state index in [0.29, 0.717) is 24.3 Å². The highest BCUT2D eigenvalue weighted by molar-refractivity contribution is 7.09. The molecule has 0 bridgehead atoms. The standard InChI is InChI=1S/C24H27N3O3S/c1-30-23-9-3-2-7-18(23)15-26(16-20-8-6-12-31-20)17-22(28)19-13-21(25-14-19)24(29)27-10-4-5-11-27/h2-3,6-9,12-14,25H,4-5,10-11,15-17H2,1H3. The van der Waals surface area contributed by atoms with Gasteiger partial charge in [0.2, 0.25) is 0 Å². The second kappa shape index (κ2) is 9.94. The molecule has 1 N–H and O–H groups in total. The minimum atomic E-state index is -0.0268. The van der Waals surface area contributed by atoms with Crippen LogP contribution in [0.15, 0.2) is 54.0 Å². The Balaban J connectivity index is 1.48. The molecule has 0 atom stereocenters. The van der Waals surface area contributed by atoms with Crippen LogP contribution >= 0.6 is 11.3 Å². The van der Waals surface area contributed by atoms with Crippen molar-refractivity contribution in [2.75, 3.05) is 26.7 Å². The monoisotopic (exact) mass is 437 g/mol.